The molecule has 4 heterocycles. The molecule has 0 radical (unpaired) electrons. The molecular weight excluding hydrogens is 557 g/mol. The van der Waals surface area contributed by atoms with Crippen LogP contribution < -0.4 is 5.56 Å². The van der Waals surface area contributed by atoms with Gasteiger partial charge in [0.25, 0.3) is 5.91 Å². The summed E-state index contributed by atoms with van der Waals surface area (Å²) >= 11 is 0. The molecule has 232 valence electrons. The molecule has 3 aromatic heterocycles. The molecule has 1 amide bonds. The summed E-state index contributed by atoms with van der Waals surface area (Å²) in [7, 11) is 0. The van der Waals surface area contributed by atoms with E-state index in [1.807, 2.05) is 24.8 Å². The number of piperazine rings is 1. The first-order valence-corrected chi connectivity index (χ1v) is 15.5. The van der Waals surface area contributed by atoms with Gasteiger partial charge in [-0.2, -0.15) is 13.2 Å². The first kappa shape index (κ1) is 30.9. The summed E-state index contributed by atoms with van der Waals surface area (Å²) in [5.74, 6) is 0.375. The van der Waals surface area contributed by atoms with Crippen LogP contribution in [0.2, 0.25) is 0 Å². The molecule has 43 heavy (non-hydrogen) atoms. The molecule has 4 aromatic rings. The Kier molecular flexibility index (Phi) is 9.64. The van der Waals surface area contributed by atoms with Crippen molar-refractivity contribution in [1.29, 1.82) is 0 Å². The van der Waals surface area contributed by atoms with Crippen LogP contribution in [0.15, 0.2) is 45.8 Å². The fraction of sp³-hybridized carbons (Fsp3) is 0.515. The van der Waals surface area contributed by atoms with Crippen molar-refractivity contribution in [3.05, 3.63) is 69.5 Å². The van der Waals surface area contributed by atoms with Gasteiger partial charge in [0.15, 0.2) is 5.76 Å². The predicted molar refractivity (Wildman–Crippen MR) is 163 cm³/mol. The van der Waals surface area contributed by atoms with E-state index in [1.54, 1.807) is 18.2 Å². The number of hydrogen-bond acceptors (Lipinski definition) is 4. The first-order valence-electron chi connectivity index (χ1n) is 15.5. The summed E-state index contributed by atoms with van der Waals surface area (Å²) in [5, 5.41) is 0.670. The van der Waals surface area contributed by atoms with Crippen LogP contribution >= 0.6 is 0 Å². The molecular formula is C33H41F3N4O3. The Morgan fingerprint density at radius 2 is 1.60 bits per heavy atom. The number of aromatic amines is 1. The Morgan fingerprint density at radius 1 is 0.930 bits per heavy atom. The van der Waals surface area contributed by atoms with Crippen molar-refractivity contribution >= 4 is 27.7 Å². The molecule has 1 saturated heterocycles. The van der Waals surface area contributed by atoms with E-state index in [-0.39, 0.29) is 16.8 Å². The number of unbranched alkanes of at least 4 members (excludes halogenated alkanes) is 6. The van der Waals surface area contributed by atoms with Crippen molar-refractivity contribution in [1.82, 2.24) is 19.4 Å². The second-order valence-electron chi connectivity index (χ2n) is 11.6. The van der Waals surface area contributed by atoms with Crippen LogP contribution in [0.5, 0.6) is 0 Å². The number of aromatic nitrogens is 2. The van der Waals surface area contributed by atoms with E-state index in [4.69, 9.17) is 4.42 Å². The lowest BCUT2D eigenvalue weighted by Crippen LogP contribution is -2.48. The van der Waals surface area contributed by atoms with Gasteiger partial charge in [-0.1, -0.05) is 39.0 Å². The van der Waals surface area contributed by atoms with Crippen LogP contribution in [0.25, 0.3) is 21.8 Å². The Labute approximate surface area is 249 Å². The van der Waals surface area contributed by atoms with Crippen molar-refractivity contribution in [3.63, 3.8) is 0 Å². The van der Waals surface area contributed by atoms with Crippen LogP contribution in [-0.4, -0.2) is 58.0 Å². The molecule has 0 saturated carbocycles. The Morgan fingerprint density at radius 3 is 2.23 bits per heavy atom. The zero-order valence-electron chi connectivity index (χ0n) is 25.1. The number of fused-ring (bicyclic) bond motifs is 3. The van der Waals surface area contributed by atoms with Gasteiger partial charge >= 0.3 is 6.18 Å². The van der Waals surface area contributed by atoms with E-state index in [2.05, 4.69) is 14.5 Å². The minimum absolute atomic E-state index is 0.0303. The van der Waals surface area contributed by atoms with Crippen LogP contribution in [0.4, 0.5) is 13.2 Å². The Hall–Kier alpha value is -3.53. The van der Waals surface area contributed by atoms with Crippen molar-refractivity contribution in [2.75, 3.05) is 32.7 Å². The maximum atomic E-state index is 13.9. The zero-order valence-corrected chi connectivity index (χ0v) is 25.1. The fourth-order valence-electron chi connectivity index (χ4n) is 6.60. The van der Waals surface area contributed by atoms with E-state index in [0.717, 1.165) is 88.1 Å². The molecule has 1 aliphatic rings. The van der Waals surface area contributed by atoms with Crippen molar-refractivity contribution in [3.8, 4) is 0 Å². The summed E-state index contributed by atoms with van der Waals surface area (Å²) in [6.07, 6.45) is 5.51. The van der Waals surface area contributed by atoms with E-state index in [1.165, 1.54) is 25.5 Å². The van der Waals surface area contributed by atoms with E-state index in [0.29, 0.717) is 17.2 Å². The van der Waals surface area contributed by atoms with Crippen LogP contribution in [-0.2, 0) is 19.1 Å². The quantitative estimate of drug-likeness (QED) is 0.176. The van der Waals surface area contributed by atoms with Gasteiger partial charge in [-0.3, -0.25) is 14.5 Å². The number of H-pyrrole nitrogens is 1. The maximum Gasteiger partial charge on any atom is 0.417 e. The van der Waals surface area contributed by atoms with Gasteiger partial charge in [-0.05, 0) is 62.6 Å². The van der Waals surface area contributed by atoms with Crippen molar-refractivity contribution < 1.29 is 22.4 Å². The number of hydrogen-bond donors (Lipinski definition) is 1. The van der Waals surface area contributed by atoms with Gasteiger partial charge in [-0.25, -0.2) is 0 Å². The monoisotopic (exact) mass is 598 g/mol. The summed E-state index contributed by atoms with van der Waals surface area (Å²) in [6.45, 7) is 8.99. The molecule has 10 heteroatoms. The molecule has 1 aliphatic heterocycles. The standard InChI is InChI=1S/C33H41F3N4O3/c1-3-26-23(2)30-27(14-13-25-31(30)24(33(34,35)36)22-29(41)37-25)40(26)16-10-8-6-4-5-7-9-15-38-17-19-39(20-18-38)32(42)28-12-11-21-43-28/h11-14,21-22H,3-10,15-20H2,1-2H3,(H,37,41). The lowest BCUT2D eigenvalue weighted by atomic mass is 10.0. The molecule has 0 bridgehead atoms. The van der Waals surface area contributed by atoms with Crippen LogP contribution in [0, 0.1) is 6.92 Å². The molecule has 7 nitrogen and oxygen atoms in total. The maximum absolute atomic E-state index is 13.9. The molecule has 0 aliphatic carbocycles. The predicted octanol–water partition coefficient (Wildman–Crippen LogP) is 7.15. The van der Waals surface area contributed by atoms with E-state index in [9.17, 15) is 22.8 Å². The number of nitrogens with zero attached hydrogens (tertiary/aromatic N) is 3. The number of pyridine rings is 1. The van der Waals surface area contributed by atoms with E-state index < -0.39 is 17.3 Å². The van der Waals surface area contributed by atoms with Gasteiger partial charge in [0.2, 0.25) is 5.56 Å². The van der Waals surface area contributed by atoms with Crippen LogP contribution in [0.1, 0.15) is 79.2 Å². The number of aryl methyl sites for hydroxylation is 2. The third kappa shape index (κ3) is 6.84. The second kappa shape index (κ2) is 13.4. The summed E-state index contributed by atoms with van der Waals surface area (Å²) in [4.78, 5) is 31.2. The molecule has 0 spiro atoms. The number of carbonyl (C=O) groups is 1. The lowest BCUT2D eigenvalue weighted by Gasteiger charge is -2.34. The van der Waals surface area contributed by atoms with Crippen molar-refractivity contribution in [2.45, 2.75) is 77.9 Å². The number of alkyl halides is 3. The van der Waals surface area contributed by atoms with Gasteiger partial charge in [0, 0.05) is 66.3 Å². The number of halogens is 3. The third-order valence-electron chi connectivity index (χ3n) is 8.80. The largest absolute Gasteiger partial charge is 0.459 e. The summed E-state index contributed by atoms with van der Waals surface area (Å²) < 4.78 is 49.3. The highest BCUT2D eigenvalue weighted by Gasteiger charge is 2.35. The number of amides is 1. The molecule has 1 fully saturated rings. The van der Waals surface area contributed by atoms with Crippen molar-refractivity contribution in [2.24, 2.45) is 0 Å². The van der Waals surface area contributed by atoms with Gasteiger partial charge < -0.3 is 18.9 Å². The molecule has 1 aromatic carbocycles. The first-order chi connectivity index (χ1) is 20.7. The SMILES string of the molecule is CCc1c(C)c2c3c(C(F)(F)F)cc(=O)[nH]c3ccc2n1CCCCCCCCCN1CCN(C(=O)c2ccco2)CC1. The van der Waals surface area contributed by atoms with Gasteiger partial charge in [-0.15, -0.1) is 0 Å². The highest BCUT2D eigenvalue weighted by molar-refractivity contribution is 6.09. The summed E-state index contributed by atoms with van der Waals surface area (Å²) in [5.41, 5.74) is 1.30. The highest BCUT2D eigenvalue weighted by atomic mass is 19.4. The number of carbonyl (C=O) groups excluding carboxylic acids is 1. The number of benzene rings is 1. The third-order valence-corrected chi connectivity index (χ3v) is 8.80. The Balaban J connectivity index is 1.07. The normalized spacial score (nSPS) is 14.8. The average Bonchev–Trinajstić information content (AvgIpc) is 3.62. The lowest BCUT2D eigenvalue weighted by molar-refractivity contribution is -0.136. The minimum atomic E-state index is -4.61. The minimum Gasteiger partial charge on any atom is -0.459 e. The number of nitrogens with one attached hydrogen (secondary N) is 1. The second-order valence-corrected chi connectivity index (χ2v) is 11.6. The highest BCUT2D eigenvalue weighted by Crippen LogP contribution is 2.39. The van der Waals surface area contributed by atoms with Gasteiger partial charge in [0.1, 0.15) is 0 Å². The molecule has 1 N–H and O–H groups in total. The van der Waals surface area contributed by atoms with Crippen LogP contribution in [0.3, 0.4) is 0 Å². The smallest absolute Gasteiger partial charge is 0.417 e. The zero-order chi connectivity index (χ0) is 30.6. The number of furan rings is 1. The molecule has 0 atom stereocenters. The molecule has 0 unspecified atom stereocenters. The summed E-state index contributed by atoms with van der Waals surface area (Å²) in [6, 6.07) is 7.57. The van der Waals surface area contributed by atoms with E-state index >= 15 is 0 Å². The fourth-order valence-corrected chi connectivity index (χ4v) is 6.60. The molecule has 5 rings (SSSR count). The topological polar surface area (TPSA) is 74.5 Å². The van der Waals surface area contributed by atoms with Gasteiger partial charge in [0.05, 0.1) is 11.8 Å². The number of rotatable bonds is 12. The Bertz CT molecular complexity index is 1600. The average molecular weight is 599 g/mol.